The number of amides is 3. The monoisotopic (exact) mass is 330 g/mol. The van der Waals surface area contributed by atoms with Gasteiger partial charge < -0.3 is 5.32 Å². The van der Waals surface area contributed by atoms with Gasteiger partial charge in [-0.1, -0.05) is 39.8 Å². The zero-order valence-electron chi connectivity index (χ0n) is 14.9. The quantitative estimate of drug-likeness (QED) is 0.814. The average molecular weight is 330 g/mol. The molecule has 5 nitrogen and oxygen atoms in total. The topological polar surface area (TPSA) is 66.5 Å². The summed E-state index contributed by atoms with van der Waals surface area (Å²) >= 11 is 0. The average Bonchev–Trinajstić information content (AvgIpc) is 2.80. The van der Waals surface area contributed by atoms with Gasteiger partial charge in [0.15, 0.2) is 0 Å². The third-order valence-corrected chi connectivity index (χ3v) is 5.01. The predicted octanol–water partition coefficient (Wildman–Crippen LogP) is 3.31. The molecule has 0 unspecified atom stereocenters. The van der Waals surface area contributed by atoms with Crippen LogP contribution in [0.3, 0.4) is 0 Å². The number of nitrogens with one attached hydrogen (secondary N) is 1. The second kappa shape index (κ2) is 7.16. The first-order chi connectivity index (χ1) is 11.3. The van der Waals surface area contributed by atoms with Crippen molar-refractivity contribution in [3.63, 3.8) is 0 Å². The minimum absolute atomic E-state index is 0.204. The van der Waals surface area contributed by atoms with Crippen LogP contribution in [-0.4, -0.2) is 29.2 Å². The molecule has 1 heterocycles. The van der Waals surface area contributed by atoms with E-state index in [1.807, 2.05) is 38.1 Å². The molecule has 1 aromatic rings. The van der Waals surface area contributed by atoms with E-state index in [1.54, 1.807) is 0 Å². The predicted molar refractivity (Wildman–Crippen MR) is 93.5 cm³/mol. The number of anilines is 1. The Hall–Kier alpha value is -2.17. The molecule has 0 radical (unpaired) electrons. The highest BCUT2D eigenvalue weighted by Crippen LogP contribution is 2.38. The summed E-state index contributed by atoms with van der Waals surface area (Å²) in [6.45, 7) is 7.81. The molecule has 0 aliphatic carbocycles. The minimum atomic E-state index is -0.629. The van der Waals surface area contributed by atoms with Crippen molar-refractivity contribution < 1.29 is 14.4 Å². The fourth-order valence-corrected chi connectivity index (χ4v) is 3.12. The molecule has 1 saturated heterocycles. The molecule has 0 bridgehead atoms. The van der Waals surface area contributed by atoms with Crippen molar-refractivity contribution >= 4 is 23.4 Å². The van der Waals surface area contributed by atoms with Crippen LogP contribution >= 0.6 is 0 Å². The molecule has 24 heavy (non-hydrogen) atoms. The van der Waals surface area contributed by atoms with Crippen LogP contribution in [0.5, 0.6) is 0 Å². The number of carbonyl (C=O) groups is 3. The third-order valence-electron chi connectivity index (χ3n) is 5.01. The lowest BCUT2D eigenvalue weighted by Gasteiger charge is -2.23. The molecular formula is C19H26N2O3. The van der Waals surface area contributed by atoms with Gasteiger partial charge in [-0.15, -0.1) is 0 Å². The first kappa shape index (κ1) is 18.2. The normalized spacial score (nSPS) is 16.8. The standard InChI is InChI=1S/C19H26N2O3/c1-5-19(6-2)11-17(23)21(18(19)24)12-16(22)20-15-9-7-14(8-10-15)13(3)4/h7-10,13H,5-6,11-12H2,1-4H3,(H,20,22). The van der Waals surface area contributed by atoms with Crippen molar-refractivity contribution in [2.45, 2.75) is 52.9 Å². The maximum atomic E-state index is 12.5. The Kier molecular flexibility index (Phi) is 5.42. The second-order valence-electron chi connectivity index (χ2n) is 6.77. The van der Waals surface area contributed by atoms with Gasteiger partial charge in [-0.25, -0.2) is 0 Å². The Bertz CT molecular complexity index is 631. The highest BCUT2D eigenvalue weighted by atomic mass is 16.2. The lowest BCUT2D eigenvalue weighted by atomic mass is 9.81. The molecule has 130 valence electrons. The smallest absolute Gasteiger partial charge is 0.244 e. The summed E-state index contributed by atoms with van der Waals surface area (Å²) in [7, 11) is 0. The molecule has 1 N–H and O–H groups in total. The highest BCUT2D eigenvalue weighted by Gasteiger charge is 2.49. The van der Waals surface area contributed by atoms with E-state index in [-0.39, 0.29) is 30.7 Å². The molecular weight excluding hydrogens is 304 g/mol. The molecule has 3 amide bonds. The van der Waals surface area contributed by atoms with Crippen molar-refractivity contribution in [2.75, 3.05) is 11.9 Å². The lowest BCUT2D eigenvalue weighted by Crippen LogP contribution is -2.40. The Morgan fingerprint density at radius 3 is 2.21 bits per heavy atom. The maximum Gasteiger partial charge on any atom is 0.244 e. The Balaban J connectivity index is 2.02. The van der Waals surface area contributed by atoms with Crippen molar-refractivity contribution in [3.05, 3.63) is 29.8 Å². The Morgan fingerprint density at radius 2 is 1.75 bits per heavy atom. The number of hydrogen-bond donors (Lipinski definition) is 1. The highest BCUT2D eigenvalue weighted by molar-refractivity contribution is 6.09. The fraction of sp³-hybridized carbons (Fsp3) is 0.526. The van der Waals surface area contributed by atoms with Crippen LogP contribution in [0.4, 0.5) is 5.69 Å². The van der Waals surface area contributed by atoms with Gasteiger partial charge in [-0.2, -0.15) is 0 Å². The van der Waals surface area contributed by atoms with E-state index in [0.717, 1.165) is 4.90 Å². The van der Waals surface area contributed by atoms with Crippen LogP contribution in [0.25, 0.3) is 0 Å². The van der Waals surface area contributed by atoms with E-state index in [1.165, 1.54) is 5.56 Å². The van der Waals surface area contributed by atoms with E-state index < -0.39 is 5.41 Å². The zero-order valence-corrected chi connectivity index (χ0v) is 14.9. The number of benzene rings is 1. The Labute approximate surface area is 143 Å². The van der Waals surface area contributed by atoms with Crippen LogP contribution in [-0.2, 0) is 14.4 Å². The number of carbonyl (C=O) groups excluding carboxylic acids is 3. The fourth-order valence-electron chi connectivity index (χ4n) is 3.12. The van der Waals surface area contributed by atoms with Gasteiger partial charge in [0.25, 0.3) is 0 Å². The number of hydrogen-bond acceptors (Lipinski definition) is 3. The molecule has 1 fully saturated rings. The number of likely N-dealkylation sites (tertiary alicyclic amines) is 1. The first-order valence-corrected chi connectivity index (χ1v) is 8.57. The summed E-state index contributed by atoms with van der Waals surface area (Å²) in [5, 5.41) is 2.75. The van der Waals surface area contributed by atoms with Crippen LogP contribution in [0, 0.1) is 5.41 Å². The van der Waals surface area contributed by atoms with Crippen molar-refractivity contribution in [3.8, 4) is 0 Å². The molecule has 5 heteroatoms. The van der Waals surface area contributed by atoms with Gasteiger partial charge in [0.05, 0.1) is 5.41 Å². The van der Waals surface area contributed by atoms with E-state index in [9.17, 15) is 14.4 Å². The van der Waals surface area contributed by atoms with Gasteiger partial charge in [-0.05, 0) is 36.5 Å². The molecule has 1 aromatic carbocycles. The van der Waals surface area contributed by atoms with E-state index >= 15 is 0 Å². The summed E-state index contributed by atoms with van der Waals surface area (Å²) in [5.41, 5.74) is 1.23. The minimum Gasteiger partial charge on any atom is -0.325 e. The molecule has 0 atom stereocenters. The van der Waals surface area contributed by atoms with E-state index in [2.05, 4.69) is 19.2 Å². The maximum absolute atomic E-state index is 12.5. The van der Waals surface area contributed by atoms with Gasteiger partial charge in [-0.3, -0.25) is 19.3 Å². The first-order valence-electron chi connectivity index (χ1n) is 8.57. The zero-order chi connectivity index (χ0) is 17.9. The summed E-state index contributed by atoms with van der Waals surface area (Å²) in [6, 6.07) is 7.60. The molecule has 0 saturated carbocycles. The summed E-state index contributed by atoms with van der Waals surface area (Å²) in [5.74, 6) is -0.403. The van der Waals surface area contributed by atoms with Crippen molar-refractivity contribution in [1.29, 1.82) is 0 Å². The van der Waals surface area contributed by atoms with Gasteiger partial charge in [0.1, 0.15) is 6.54 Å². The summed E-state index contributed by atoms with van der Waals surface area (Å²) in [4.78, 5) is 38.0. The SMILES string of the molecule is CCC1(CC)CC(=O)N(CC(=O)Nc2ccc(C(C)C)cc2)C1=O. The van der Waals surface area contributed by atoms with Crippen LogP contribution < -0.4 is 5.32 Å². The number of nitrogens with zero attached hydrogens (tertiary/aromatic N) is 1. The second-order valence-corrected chi connectivity index (χ2v) is 6.77. The van der Waals surface area contributed by atoms with Crippen LogP contribution in [0.2, 0.25) is 0 Å². The van der Waals surface area contributed by atoms with Gasteiger partial charge in [0, 0.05) is 12.1 Å². The van der Waals surface area contributed by atoms with Gasteiger partial charge in [0.2, 0.25) is 17.7 Å². The molecule has 2 rings (SSSR count). The van der Waals surface area contributed by atoms with E-state index in [4.69, 9.17) is 0 Å². The largest absolute Gasteiger partial charge is 0.325 e. The molecule has 0 aromatic heterocycles. The van der Waals surface area contributed by atoms with Crippen LogP contribution in [0.1, 0.15) is 58.4 Å². The van der Waals surface area contributed by atoms with Crippen LogP contribution in [0.15, 0.2) is 24.3 Å². The van der Waals surface area contributed by atoms with Gasteiger partial charge >= 0.3 is 0 Å². The van der Waals surface area contributed by atoms with Crippen molar-refractivity contribution in [1.82, 2.24) is 4.90 Å². The summed E-state index contributed by atoms with van der Waals surface area (Å²) < 4.78 is 0. The van der Waals surface area contributed by atoms with E-state index in [0.29, 0.717) is 24.4 Å². The lowest BCUT2D eigenvalue weighted by molar-refractivity contribution is -0.144. The Morgan fingerprint density at radius 1 is 1.17 bits per heavy atom. The third kappa shape index (κ3) is 3.50. The molecule has 1 aliphatic rings. The molecule has 1 aliphatic heterocycles. The summed E-state index contributed by atoms with van der Waals surface area (Å²) in [6.07, 6.45) is 1.43. The van der Waals surface area contributed by atoms with Crippen molar-refractivity contribution in [2.24, 2.45) is 5.41 Å². The number of imide groups is 1. The molecule has 0 spiro atoms. The number of rotatable bonds is 6.